The second-order valence-electron chi connectivity index (χ2n) is 6.45. The van der Waals surface area contributed by atoms with Gasteiger partial charge in [0.15, 0.2) is 5.78 Å². The molecule has 0 heterocycles. The van der Waals surface area contributed by atoms with Crippen LogP contribution in [-0.2, 0) is 0 Å². The summed E-state index contributed by atoms with van der Waals surface area (Å²) >= 11 is 0. The molecule has 0 spiro atoms. The molecule has 28 heavy (non-hydrogen) atoms. The molecule has 0 saturated carbocycles. The summed E-state index contributed by atoms with van der Waals surface area (Å²) in [6.45, 7) is 0. The number of allylic oxidation sites excluding steroid dienone is 1. The molecule has 4 nitrogen and oxygen atoms in total. The van der Waals surface area contributed by atoms with E-state index in [0.29, 0.717) is 16.9 Å². The summed E-state index contributed by atoms with van der Waals surface area (Å²) in [7, 11) is 4.88. The molecular weight excluding hydrogens is 352 g/mol. The summed E-state index contributed by atoms with van der Waals surface area (Å²) < 4.78 is 15.9. The molecule has 1 aliphatic carbocycles. The van der Waals surface area contributed by atoms with Crippen molar-refractivity contribution in [2.45, 2.75) is 0 Å². The summed E-state index contributed by atoms with van der Waals surface area (Å²) in [5, 5.41) is 0. The average Bonchev–Trinajstić information content (AvgIpc) is 3.05. The normalized spacial score (nSPS) is 12.8. The van der Waals surface area contributed by atoms with Crippen molar-refractivity contribution in [3.05, 3.63) is 89.0 Å². The van der Waals surface area contributed by atoms with Crippen LogP contribution in [0.2, 0.25) is 0 Å². The molecule has 0 amide bonds. The van der Waals surface area contributed by atoms with Crippen molar-refractivity contribution in [3.63, 3.8) is 0 Å². The van der Waals surface area contributed by atoms with Crippen LogP contribution in [0.1, 0.15) is 27.0 Å². The molecule has 0 saturated heterocycles. The minimum Gasteiger partial charge on any atom is -0.497 e. The lowest BCUT2D eigenvalue weighted by molar-refractivity contribution is 0.105. The number of Topliss-reactive ketones (excluding diaryl/α,β-unsaturated/α-hetero) is 1. The van der Waals surface area contributed by atoms with Crippen LogP contribution in [-0.4, -0.2) is 27.1 Å². The second-order valence-corrected chi connectivity index (χ2v) is 6.45. The van der Waals surface area contributed by atoms with Gasteiger partial charge in [-0.3, -0.25) is 4.79 Å². The Hall–Kier alpha value is -3.53. The van der Waals surface area contributed by atoms with Gasteiger partial charge in [0.05, 0.1) is 21.3 Å². The Balaban J connectivity index is 1.95. The number of rotatable bonds is 5. The highest BCUT2D eigenvalue weighted by Crippen LogP contribution is 2.43. The van der Waals surface area contributed by atoms with Crippen LogP contribution in [0.3, 0.4) is 0 Å². The van der Waals surface area contributed by atoms with Gasteiger partial charge < -0.3 is 14.2 Å². The zero-order valence-corrected chi connectivity index (χ0v) is 16.0. The third kappa shape index (κ3) is 2.93. The van der Waals surface area contributed by atoms with Crippen LogP contribution in [0.25, 0.3) is 11.1 Å². The molecule has 3 aromatic rings. The van der Waals surface area contributed by atoms with Crippen molar-refractivity contribution in [3.8, 4) is 17.2 Å². The van der Waals surface area contributed by atoms with E-state index in [-0.39, 0.29) is 5.78 Å². The maximum absolute atomic E-state index is 13.3. The number of methoxy groups -OCH3 is 3. The number of ketones is 1. The molecule has 3 aromatic carbocycles. The van der Waals surface area contributed by atoms with Crippen molar-refractivity contribution in [2.24, 2.45) is 0 Å². The number of fused-ring (bicyclic) bond motifs is 1. The van der Waals surface area contributed by atoms with E-state index in [1.54, 1.807) is 21.3 Å². The lowest BCUT2D eigenvalue weighted by Crippen LogP contribution is -1.98. The minimum atomic E-state index is 0.00800. The standard InChI is InChI=1S/C24H20O4/c1-26-17-8-4-15(5-9-17)22-21-14-19(28-3)12-13-20(21)24(25)23(22)16-6-10-18(27-2)11-7-16/h4-14H,1-3H3. The first kappa shape index (κ1) is 17.9. The molecule has 0 aliphatic heterocycles. The predicted molar refractivity (Wildman–Crippen MR) is 109 cm³/mol. The fraction of sp³-hybridized carbons (Fsp3) is 0.125. The fourth-order valence-electron chi connectivity index (χ4n) is 3.53. The zero-order valence-electron chi connectivity index (χ0n) is 16.0. The molecule has 140 valence electrons. The Morgan fingerprint density at radius 3 is 1.50 bits per heavy atom. The third-order valence-corrected chi connectivity index (χ3v) is 4.98. The molecule has 0 radical (unpaired) electrons. The van der Waals surface area contributed by atoms with E-state index in [2.05, 4.69) is 0 Å². The Kier molecular flexibility index (Phi) is 4.62. The van der Waals surface area contributed by atoms with Crippen LogP contribution < -0.4 is 14.2 Å². The summed E-state index contributed by atoms with van der Waals surface area (Å²) in [4.78, 5) is 13.3. The van der Waals surface area contributed by atoms with Crippen molar-refractivity contribution >= 4 is 16.9 Å². The smallest absolute Gasteiger partial charge is 0.194 e. The Labute approximate surface area is 164 Å². The van der Waals surface area contributed by atoms with Gasteiger partial charge in [-0.2, -0.15) is 0 Å². The van der Waals surface area contributed by atoms with E-state index in [4.69, 9.17) is 14.2 Å². The van der Waals surface area contributed by atoms with E-state index in [1.165, 1.54) is 0 Å². The van der Waals surface area contributed by atoms with Crippen LogP contribution in [0, 0.1) is 0 Å². The van der Waals surface area contributed by atoms with Crippen LogP contribution >= 0.6 is 0 Å². The van der Waals surface area contributed by atoms with E-state index in [9.17, 15) is 4.79 Å². The molecule has 0 bridgehead atoms. The van der Waals surface area contributed by atoms with E-state index < -0.39 is 0 Å². The monoisotopic (exact) mass is 372 g/mol. The maximum atomic E-state index is 13.3. The van der Waals surface area contributed by atoms with Gasteiger partial charge in [0.2, 0.25) is 0 Å². The Morgan fingerprint density at radius 2 is 1.00 bits per heavy atom. The zero-order chi connectivity index (χ0) is 19.7. The van der Waals surface area contributed by atoms with Gasteiger partial charge in [-0.15, -0.1) is 0 Å². The molecule has 0 aromatic heterocycles. The van der Waals surface area contributed by atoms with Crippen molar-refractivity contribution in [1.29, 1.82) is 0 Å². The molecular formula is C24H20O4. The molecule has 0 N–H and O–H groups in total. The fourth-order valence-corrected chi connectivity index (χ4v) is 3.53. The molecule has 0 unspecified atom stereocenters. The summed E-state index contributed by atoms with van der Waals surface area (Å²) in [6, 6.07) is 20.9. The van der Waals surface area contributed by atoms with E-state index in [0.717, 1.165) is 33.8 Å². The van der Waals surface area contributed by atoms with E-state index >= 15 is 0 Å². The lowest BCUT2D eigenvalue weighted by Gasteiger charge is -2.11. The first-order valence-electron chi connectivity index (χ1n) is 8.92. The third-order valence-electron chi connectivity index (χ3n) is 4.98. The second kappa shape index (κ2) is 7.24. The number of ether oxygens (including phenoxy) is 3. The average molecular weight is 372 g/mol. The van der Waals surface area contributed by atoms with Gasteiger partial charge in [-0.1, -0.05) is 24.3 Å². The number of carbonyl (C=O) groups is 1. The Morgan fingerprint density at radius 1 is 0.536 bits per heavy atom. The SMILES string of the molecule is COc1ccc(C2=C(c3ccc(OC)cc3)c3cc(OC)ccc3C2=O)cc1. The number of carbonyl (C=O) groups excluding carboxylic acids is 1. The minimum absolute atomic E-state index is 0.00800. The first-order chi connectivity index (χ1) is 13.7. The van der Waals surface area contributed by atoms with Gasteiger partial charge >= 0.3 is 0 Å². The van der Waals surface area contributed by atoms with Crippen LogP contribution in [0.15, 0.2) is 66.7 Å². The largest absolute Gasteiger partial charge is 0.497 e. The van der Waals surface area contributed by atoms with Crippen LogP contribution in [0.4, 0.5) is 0 Å². The van der Waals surface area contributed by atoms with Gasteiger partial charge in [0.25, 0.3) is 0 Å². The lowest BCUT2D eigenvalue weighted by atomic mass is 9.94. The van der Waals surface area contributed by atoms with Gasteiger partial charge in [-0.05, 0) is 59.2 Å². The maximum Gasteiger partial charge on any atom is 0.194 e. The predicted octanol–water partition coefficient (Wildman–Crippen LogP) is 4.87. The van der Waals surface area contributed by atoms with Crippen molar-refractivity contribution < 1.29 is 19.0 Å². The molecule has 0 fully saturated rings. The number of hydrogen-bond acceptors (Lipinski definition) is 4. The number of benzene rings is 3. The first-order valence-corrected chi connectivity index (χ1v) is 8.92. The summed E-state index contributed by atoms with van der Waals surface area (Å²) in [6.07, 6.45) is 0. The van der Waals surface area contributed by atoms with Gasteiger partial charge in [-0.25, -0.2) is 0 Å². The Bertz CT molecular complexity index is 1060. The highest BCUT2D eigenvalue weighted by molar-refractivity contribution is 6.41. The highest BCUT2D eigenvalue weighted by Gasteiger charge is 2.31. The van der Waals surface area contributed by atoms with Gasteiger partial charge in [0, 0.05) is 16.7 Å². The van der Waals surface area contributed by atoms with E-state index in [1.807, 2.05) is 66.7 Å². The summed E-state index contributed by atoms with van der Waals surface area (Å²) in [5.74, 6) is 2.24. The summed E-state index contributed by atoms with van der Waals surface area (Å²) in [5.41, 5.74) is 4.93. The van der Waals surface area contributed by atoms with Crippen LogP contribution in [0.5, 0.6) is 17.2 Å². The highest BCUT2D eigenvalue weighted by atomic mass is 16.5. The topological polar surface area (TPSA) is 44.8 Å². The van der Waals surface area contributed by atoms with Crippen molar-refractivity contribution in [2.75, 3.05) is 21.3 Å². The molecule has 4 heteroatoms. The number of hydrogen-bond donors (Lipinski definition) is 0. The van der Waals surface area contributed by atoms with Crippen molar-refractivity contribution in [1.82, 2.24) is 0 Å². The molecule has 1 aliphatic rings. The quantitative estimate of drug-likeness (QED) is 0.641. The van der Waals surface area contributed by atoms with Gasteiger partial charge in [0.1, 0.15) is 17.2 Å². The molecule has 4 rings (SSSR count). The molecule has 0 atom stereocenters.